The van der Waals surface area contributed by atoms with E-state index in [1.54, 1.807) is 11.3 Å². The summed E-state index contributed by atoms with van der Waals surface area (Å²) >= 11 is 1.71. The highest BCUT2D eigenvalue weighted by molar-refractivity contribution is 7.10. The Labute approximate surface area is 126 Å². The molecule has 2 rings (SSSR count). The van der Waals surface area contributed by atoms with Crippen molar-refractivity contribution in [1.29, 1.82) is 0 Å². The molecule has 0 spiro atoms. The third-order valence-corrected chi connectivity index (χ3v) is 4.84. The van der Waals surface area contributed by atoms with Gasteiger partial charge in [0.15, 0.2) is 0 Å². The van der Waals surface area contributed by atoms with Gasteiger partial charge in [-0.05, 0) is 42.5 Å². The van der Waals surface area contributed by atoms with Gasteiger partial charge in [0.25, 0.3) is 0 Å². The smallest absolute Gasteiger partial charge is 0.0825 e. The van der Waals surface area contributed by atoms with Gasteiger partial charge in [0.05, 0.1) is 19.3 Å². The Bertz CT molecular complexity index is 469. The molecule has 110 valence electrons. The van der Waals surface area contributed by atoms with E-state index in [1.807, 2.05) is 6.07 Å². The molecule has 0 aliphatic heterocycles. The monoisotopic (exact) mass is 292 g/mol. The summed E-state index contributed by atoms with van der Waals surface area (Å²) in [7, 11) is 0. The molecule has 1 aromatic rings. The first-order chi connectivity index (χ1) is 9.61. The highest BCUT2D eigenvalue weighted by Gasteiger charge is 2.27. The molecule has 1 N–H and O–H groups in total. The molecule has 0 unspecified atom stereocenters. The minimum atomic E-state index is 0.126. The number of thiophene rings is 1. The summed E-state index contributed by atoms with van der Waals surface area (Å²) in [6, 6.07) is 2.04. The van der Waals surface area contributed by atoms with Gasteiger partial charge in [-0.3, -0.25) is 0 Å². The van der Waals surface area contributed by atoms with Gasteiger partial charge in [-0.25, -0.2) is 0 Å². The summed E-state index contributed by atoms with van der Waals surface area (Å²) in [6.07, 6.45) is 5.79. The van der Waals surface area contributed by atoms with Gasteiger partial charge < -0.3 is 9.84 Å². The molecule has 0 bridgehead atoms. The van der Waals surface area contributed by atoms with Crippen LogP contribution in [0, 0.1) is 17.3 Å². The van der Waals surface area contributed by atoms with Crippen LogP contribution in [0.3, 0.4) is 0 Å². The predicted octanol–water partition coefficient (Wildman–Crippen LogP) is 3.97. The number of hydrogen-bond acceptors (Lipinski definition) is 3. The molecule has 1 saturated carbocycles. The van der Waals surface area contributed by atoms with Crippen molar-refractivity contribution in [2.24, 2.45) is 5.41 Å². The van der Waals surface area contributed by atoms with Crippen LogP contribution in [0.15, 0.2) is 11.4 Å². The molecule has 1 aromatic heterocycles. The van der Waals surface area contributed by atoms with Crippen molar-refractivity contribution >= 4 is 11.3 Å². The second-order valence-corrected chi connectivity index (χ2v) is 7.21. The zero-order chi connectivity index (χ0) is 14.4. The molecular formula is C17H24O2S. The van der Waals surface area contributed by atoms with Gasteiger partial charge in [-0.1, -0.05) is 25.7 Å². The lowest BCUT2D eigenvalue weighted by Gasteiger charge is -2.34. The molecule has 3 heteroatoms. The highest BCUT2D eigenvalue weighted by Crippen LogP contribution is 2.36. The number of aliphatic hydroxyl groups is 1. The quantitative estimate of drug-likeness (QED) is 0.851. The Hall–Kier alpha value is -0.820. The van der Waals surface area contributed by atoms with Crippen LogP contribution in [0.5, 0.6) is 0 Å². The fourth-order valence-corrected chi connectivity index (χ4v) is 3.26. The van der Waals surface area contributed by atoms with E-state index in [1.165, 1.54) is 30.6 Å². The lowest BCUT2D eigenvalue weighted by Crippen LogP contribution is -2.26. The van der Waals surface area contributed by atoms with Crippen LogP contribution in [-0.4, -0.2) is 17.8 Å². The normalized spacial score (nSPS) is 18.6. The lowest BCUT2D eigenvalue weighted by molar-refractivity contribution is -0.00454. The Morgan fingerprint density at radius 1 is 1.40 bits per heavy atom. The van der Waals surface area contributed by atoms with Crippen molar-refractivity contribution in [2.45, 2.75) is 58.7 Å². The van der Waals surface area contributed by atoms with E-state index in [-0.39, 0.29) is 6.61 Å². The van der Waals surface area contributed by atoms with E-state index in [9.17, 15) is 0 Å². The van der Waals surface area contributed by atoms with Gasteiger partial charge >= 0.3 is 0 Å². The van der Waals surface area contributed by atoms with Crippen LogP contribution in [-0.2, 0) is 11.3 Å². The zero-order valence-electron chi connectivity index (χ0n) is 12.4. The first-order valence-corrected chi connectivity index (χ1v) is 8.26. The topological polar surface area (TPSA) is 29.5 Å². The fraction of sp³-hybridized carbons (Fsp3) is 0.647. The second-order valence-electron chi connectivity index (χ2n) is 6.21. The average Bonchev–Trinajstić information content (AvgIpc) is 2.85. The predicted molar refractivity (Wildman–Crippen MR) is 83.7 cm³/mol. The molecule has 0 saturated heterocycles. The maximum absolute atomic E-state index is 8.76. The van der Waals surface area contributed by atoms with Gasteiger partial charge in [0.2, 0.25) is 0 Å². The molecule has 0 aromatic carbocycles. The van der Waals surface area contributed by atoms with E-state index >= 15 is 0 Å². The van der Waals surface area contributed by atoms with Crippen LogP contribution < -0.4 is 0 Å². The molecule has 1 heterocycles. The van der Waals surface area contributed by atoms with E-state index in [2.05, 4.69) is 31.1 Å². The molecule has 1 aliphatic rings. The van der Waals surface area contributed by atoms with Gasteiger partial charge in [0.1, 0.15) is 0 Å². The molecule has 1 aliphatic carbocycles. The van der Waals surface area contributed by atoms with E-state index < -0.39 is 0 Å². The third kappa shape index (κ3) is 4.63. The second kappa shape index (κ2) is 7.26. The maximum atomic E-state index is 8.76. The summed E-state index contributed by atoms with van der Waals surface area (Å²) in [5, 5.41) is 10.8. The Morgan fingerprint density at radius 2 is 2.15 bits per heavy atom. The van der Waals surface area contributed by atoms with Crippen molar-refractivity contribution in [3.8, 4) is 11.8 Å². The van der Waals surface area contributed by atoms with Crippen LogP contribution in [0.25, 0.3) is 0 Å². The lowest BCUT2D eigenvalue weighted by atomic mass is 9.76. The van der Waals surface area contributed by atoms with Gasteiger partial charge in [0, 0.05) is 16.9 Å². The number of ether oxygens (including phenoxy) is 1. The third-order valence-electron chi connectivity index (χ3n) is 3.94. The fourth-order valence-electron chi connectivity index (χ4n) is 2.51. The van der Waals surface area contributed by atoms with Crippen molar-refractivity contribution in [3.05, 3.63) is 21.9 Å². The molecule has 1 fully saturated rings. The van der Waals surface area contributed by atoms with E-state index in [0.717, 1.165) is 5.56 Å². The van der Waals surface area contributed by atoms with E-state index in [0.29, 0.717) is 24.5 Å². The first-order valence-electron chi connectivity index (χ1n) is 7.38. The van der Waals surface area contributed by atoms with Crippen molar-refractivity contribution in [3.63, 3.8) is 0 Å². The summed E-state index contributed by atoms with van der Waals surface area (Å²) in [5.74, 6) is 6.09. The standard InChI is InChI=1S/C17H24O2S/c1-17(2)9-6-15(7-10-17)19-13-16-14(8-12-20-16)5-3-4-11-18/h8,12,15,18H,4,6-7,9-11,13H2,1-2H3. The largest absolute Gasteiger partial charge is 0.395 e. The van der Waals surface area contributed by atoms with Crippen LogP contribution in [0.1, 0.15) is 56.4 Å². The van der Waals surface area contributed by atoms with Gasteiger partial charge in [-0.2, -0.15) is 0 Å². The highest BCUT2D eigenvalue weighted by atomic mass is 32.1. The van der Waals surface area contributed by atoms with Crippen LogP contribution in [0.2, 0.25) is 0 Å². The molecule has 0 amide bonds. The Kier molecular flexibility index (Phi) is 5.65. The number of hydrogen-bond donors (Lipinski definition) is 1. The molecule has 0 atom stereocenters. The average molecular weight is 292 g/mol. The molecule has 0 radical (unpaired) electrons. The summed E-state index contributed by atoms with van der Waals surface area (Å²) in [6.45, 7) is 5.49. The Morgan fingerprint density at radius 3 is 2.85 bits per heavy atom. The zero-order valence-corrected chi connectivity index (χ0v) is 13.3. The molecule has 20 heavy (non-hydrogen) atoms. The van der Waals surface area contributed by atoms with Crippen molar-refractivity contribution in [2.75, 3.05) is 6.61 Å². The minimum absolute atomic E-state index is 0.126. The Balaban J connectivity index is 1.83. The summed E-state index contributed by atoms with van der Waals surface area (Å²) < 4.78 is 6.06. The molecule has 2 nitrogen and oxygen atoms in total. The van der Waals surface area contributed by atoms with Crippen LogP contribution >= 0.6 is 11.3 Å². The maximum Gasteiger partial charge on any atom is 0.0825 e. The summed E-state index contributed by atoms with van der Waals surface area (Å²) in [5.41, 5.74) is 1.54. The number of aliphatic hydroxyl groups excluding tert-OH is 1. The first kappa shape index (κ1) is 15.6. The molecular weight excluding hydrogens is 268 g/mol. The van der Waals surface area contributed by atoms with Crippen molar-refractivity contribution in [1.82, 2.24) is 0 Å². The van der Waals surface area contributed by atoms with Crippen molar-refractivity contribution < 1.29 is 9.84 Å². The SMILES string of the molecule is CC1(C)CCC(OCc2sccc2C#CCCO)CC1. The van der Waals surface area contributed by atoms with Gasteiger partial charge in [-0.15, -0.1) is 11.3 Å². The summed E-state index contributed by atoms with van der Waals surface area (Å²) in [4.78, 5) is 1.21. The van der Waals surface area contributed by atoms with E-state index in [4.69, 9.17) is 9.84 Å². The van der Waals surface area contributed by atoms with Crippen LogP contribution in [0.4, 0.5) is 0 Å². The number of rotatable bonds is 4. The minimum Gasteiger partial charge on any atom is -0.395 e.